The van der Waals surface area contributed by atoms with Gasteiger partial charge in [0.15, 0.2) is 0 Å². The zero-order valence-electron chi connectivity index (χ0n) is 11.2. The normalized spacial score (nSPS) is 10.6. The molecule has 2 nitrogen and oxygen atoms in total. The Balaban J connectivity index is 3.50. The van der Waals surface area contributed by atoms with Crippen LogP contribution in [0.4, 0.5) is 0 Å². The van der Waals surface area contributed by atoms with Crippen molar-refractivity contribution in [1.82, 2.24) is 4.90 Å². The molecule has 0 aliphatic carbocycles. The zero-order valence-corrected chi connectivity index (χ0v) is 11.2. The highest BCUT2D eigenvalue weighted by Gasteiger charge is 2.03. The summed E-state index contributed by atoms with van der Waals surface area (Å²) in [5.41, 5.74) is 0. The van der Waals surface area contributed by atoms with Crippen molar-refractivity contribution in [3.05, 3.63) is 0 Å². The lowest BCUT2D eigenvalue weighted by Crippen LogP contribution is -2.26. The Labute approximate surface area is 102 Å². The van der Waals surface area contributed by atoms with E-state index in [1.807, 2.05) is 0 Å². The standard InChI is InChI=1S/C14H28N2/c1-3-5-7-9-12-16(14-11-15)13-10-8-6-4-2/h3-10,12-14H2,1-2H3. The molecule has 0 rings (SSSR count). The van der Waals surface area contributed by atoms with E-state index in [1.54, 1.807) is 0 Å². The second kappa shape index (κ2) is 12.5. The molecule has 0 aromatic heterocycles. The van der Waals surface area contributed by atoms with E-state index in [2.05, 4.69) is 24.8 Å². The predicted molar refractivity (Wildman–Crippen MR) is 70.3 cm³/mol. The fraction of sp³-hybridized carbons (Fsp3) is 0.929. The highest BCUT2D eigenvalue weighted by atomic mass is 15.1. The number of nitrogens with zero attached hydrogens (tertiary/aromatic N) is 2. The molecule has 0 fully saturated rings. The molecule has 0 aromatic carbocycles. The van der Waals surface area contributed by atoms with Gasteiger partial charge in [0, 0.05) is 0 Å². The monoisotopic (exact) mass is 224 g/mol. The van der Waals surface area contributed by atoms with E-state index < -0.39 is 0 Å². The van der Waals surface area contributed by atoms with E-state index in [-0.39, 0.29) is 0 Å². The lowest BCUT2D eigenvalue weighted by molar-refractivity contribution is 0.290. The molecule has 94 valence electrons. The summed E-state index contributed by atoms with van der Waals surface area (Å²) in [6.07, 6.45) is 10.4. The van der Waals surface area contributed by atoms with Crippen LogP contribution in [0.25, 0.3) is 0 Å². The van der Waals surface area contributed by atoms with Gasteiger partial charge in [-0.2, -0.15) is 5.26 Å². The van der Waals surface area contributed by atoms with E-state index in [1.165, 1.54) is 51.4 Å². The molecule has 0 saturated carbocycles. The molecule has 0 spiro atoms. The smallest absolute Gasteiger partial charge is 0.0865 e. The summed E-state index contributed by atoms with van der Waals surface area (Å²) in [5.74, 6) is 0. The Bertz CT molecular complexity index is 160. The van der Waals surface area contributed by atoms with E-state index in [0.29, 0.717) is 6.54 Å². The predicted octanol–water partition coefficient (Wildman–Crippen LogP) is 3.97. The molecule has 0 heterocycles. The molecule has 2 heteroatoms. The second-order valence-electron chi connectivity index (χ2n) is 4.56. The molecule has 0 bridgehead atoms. The van der Waals surface area contributed by atoms with Crippen LogP contribution in [-0.4, -0.2) is 24.5 Å². The quantitative estimate of drug-likeness (QED) is 0.392. The Morgan fingerprint density at radius 3 is 1.69 bits per heavy atom. The highest BCUT2D eigenvalue weighted by Crippen LogP contribution is 2.04. The van der Waals surface area contributed by atoms with Crippen molar-refractivity contribution in [2.24, 2.45) is 0 Å². The first-order valence-corrected chi connectivity index (χ1v) is 6.94. The minimum Gasteiger partial charge on any atom is -0.291 e. The molecule has 0 aromatic rings. The zero-order chi connectivity index (χ0) is 12.1. The first kappa shape index (κ1) is 15.4. The van der Waals surface area contributed by atoms with Gasteiger partial charge in [-0.1, -0.05) is 52.4 Å². The molecule has 0 radical (unpaired) electrons. The summed E-state index contributed by atoms with van der Waals surface area (Å²) in [6.45, 7) is 7.30. The van der Waals surface area contributed by atoms with Crippen LogP contribution in [0, 0.1) is 11.3 Å². The fourth-order valence-electron chi connectivity index (χ4n) is 1.89. The van der Waals surface area contributed by atoms with Crippen molar-refractivity contribution >= 4 is 0 Å². The average molecular weight is 224 g/mol. The third-order valence-corrected chi connectivity index (χ3v) is 2.95. The van der Waals surface area contributed by atoms with Crippen LogP contribution in [-0.2, 0) is 0 Å². The van der Waals surface area contributed by atoms with Crippen LogP contribution in [0.2, 0.25) is 0 Å². The minimum atomic E-state index is 0.609. The summed E-state index contributed by atoms with van der Waals surface area (Å²) in [7, 11) is 0. The third-order valence-electron chi connectivity index (χ3n) is 2.95. The van der Waals surface area contributed by atoms with Crippen LogP contribution in [0.5, 0.6) is 0 Å². The van der Waals surface area contributed by atoms with Gasteiger partial charge < -0.3 is 0 Å². The lowest BCUT2D eigenvalue weighted by Gasteiger charge is -2.18. The number of rotatable bonds is 11. The molecule has 0 unspecified atom stereocenters. The summed E-state index contributed by atoms with van der Waals surface area (Å²) >= 11 is 0. The fourth-order valence-corrected chi connectivity index (χ4v) is 1.89. The molecule has 0 aliphatic heterocycles. The van der Waals surface area contributed by atoms with Crippen molar-refractivity contribution in [2.75, 3.05) is 19.6 Å². The van der Waals surface area contributed by atoms with Crippen molar-refractivity contribution < 1.29 is 0 Å². The van der Waals surface area contributed by atoms with Crippen molar-refractivity contribution in [3.8, 4) is 6.07 Å². The number of nitriles is 1. The molecule has 0 atom stereocenters. The van der Waals surface area contributed by atoms with E-state index >= 15 is 0 Å². The number of hydrogen-bond acceptors (Lipinski definition) is 2. The van der Waals surface area contributed by atoms with E-state index in [0.717, 1.165) is 13.1 Å². The number of hydrogen-bond donors (Lipinski definition) is 0. The van der Waals surface area contributed by atoms with Crippen LogP contribution in [0.15, 0.2) is 0 Å². The van der Waals surface area contributed by atoms with Gasteiger partial charge in [-0.15, -0.1) is 0 Å². The Hall–Kier alpha value is -0.550. The first-order valence-electron chi connectivity index (χ1n) is 6.94. The van der Waals surface area contributed by atoms with E-state index in [9.17, 15) is 0 Å². The molecule has 0 N–H and O–H groups in total. The van der Waals surface area contributed by atoms with Crippen LogP contribution >= 0.6 is 0 Å². The van der Waals surface area contributed by atoms with Gasteiger partial charge in [0.2, 0.25) is 0 Å². The van der Waals surface area contributed by atoms with Crippen LogP contribution in [0.1, 0.15) is 65.2 Å². The number of unbranched alkanes of at least 4 members (excludes halogenated alkanes) is 6. The molecule has 0 saturated heterocycles. The maximum Gasteiger partial charge on any atom is 0.0865 e. The van der Waals surface area contributed by atoms with Gasteiger partial charge in [0.25, 0.3) is 0 Å². The van der Waals surface area contributed by atoms with Crippen molar-refractivity contribution in [2.45, 2.75) is 65.2 Å². The van der Waals surface area contributed by atoms with Crippen molar-refractivity contribution in [3.63, 3.8) is 0 Å². The third kappa shape index (κ3) is 9.98. The maximum atomic E-state index is 8.75. The largest absolute Gasteiger partial charge is 0.291 e. The van der Waals surface area contributed by atoms with Gasteiger partial charge >= 0.3 is 0 Å². The Kier molecular flexibility index (Phi) is 12.1. The summed E-state index contributed by atoms with van der Waals surface area (Å²) in [6, 6.07) is 2.28. The van der Waals surface area contributed by atoms with Gasteiger partial charge in [-0.05, 0) is 25.9 Å². The van der Waals surface area contributed by atoms with Crippen molar-refractivity contribution in [1.29, 1.82) is 5.26 Å². The Morgan fingerprint density at radius 2 is 1.31 bits per heavy atom. The highest BCUT2D eigenvalue weighted by molar-refractivity contribution is 4.76. The lowest BCUT2D eigenvalue weighted by atomic mass is 10.1. The van der Waals surface area contributed by atoms with Crippen LogP contribution in [0.3, 0.4) is 0 Å². The first-order chi connectivity index (χ1) is 7.85. The topological polar surface area (TPSA) is 27.0 Å². The second-order valence-corrected chi connectivity index (χ2v) is 4.56. The summed E-state index contributed by atoms with van der Waals surface area (Å²) in [5, 5.41) is 8.75. The Morgan fingerprint density at radius 1 is 0.812 bits per heavy atom. The molecule has 0 amide bonds. The average Bonchev–Trinajstić information content (AvgIpc) is 2.30. The molecular weight excluding hydrogens is 196 g/mol. The summed E-state index contributed by atoms with van der Waals surface area (Å²) < 4.78 is 0. The van der Waals surface area contributed by atoms with Gasteiger partial charge in [0.1, 0.15) is 0 Å². The molecule has 0 aliphatic rings. The molecular formula is C14H28N2. The molecule has 16 heavy (non-hydrogen) atoms. The SMILES string of the molecule is CCCCCCN(CC#N)CCCCCC. The van der Waals surface area contributed by atoms with Gasteiger partial charge in [0.05, 0.1) is 12.6 Å². The van der Waals surface area contributed by atoms with Gasteiger partial charge in [-0.3, -0.25) is 4.90 Å². The maximum absolute atomic E-state index is 8.75. The summed E-state index contributed by atoms with van der Waals surface area (Å²) in [4.78, 5) is 2.31. The van der Waals surface area contributed by atoms with Gasteiger partial charge in [-0.25, -0.2) is 0 Å². The van der Waals surface area contributed by atoms with Crippen LogP contribution < -0.4 is 0 Å². The minimum absolute atomic E-state index is 0.609. The van der Waals surface area contributed by atoms with E-state index in [4.69, 9.17) is 5.26 Å².